The van der Waals surface area contributed by atoms with Gasteiger partial charge in [-0.25, -0.2) is 4.79 Å². The zero-order valence-corrected chi connectivity index (χ0v) is 25.8. The monoisotopic (exact) mass is 631 g/mol. The van der Waals surface area contributed by atoms with Gasteiger partial charge in [0.25, 0.3) is 0 Å². The molecule has 15 nitrogen and oxygen atoms in total. The molecule has 1 heterocycles. The number of amides is 7. The molecule has 1 aliphatic rings. The number of hydrogen-bond donors (Lipinski definition) is 7. The van der Waals surface area contributed by atoms with Crippen LogP contribution >= 0.6 is 0 Å². The molecular weight excluding hydrogens is 586 g/mol. The van der Waals surface area contributed by atoms with Crippen LogP contribution in [0.1, 0.15) is 57.4 Å². The molecule has 8 N–H and O–H groups in total. The van der Waals surface area contributed by atoms with Crippen LogP contribution in [0.2, 0.25) is 0 Å². The molecule has 2 rings (SSSR count). The van der Waals surface area contributed by atoms with Crippen LogP contribution in [0.15, 0.2) is 30.3 Å². The second-order valence-electron chi connectivity index (χ2n) is 11.0. The fourth-order valence-corrected chi connectivity index (χ4v) is 5.04. The molecule has 1 aromatic rings. The lowest BCUT2D eigenvalue weighted by Gasteiger charge is -2.28. The lowest BCUT2D eigenvalue weighted by atomic mass is 10.0. The first-order valence-electron chi connectivity index (χ1n) is 15.1. The van der Waals surface area contributed by atoms with Crippen LogP contribution in [0.25, 0.3) is 0 Å². The molecule has 0 aliphatic carbocycles. The first kappa shape index (κ1) is 36.5. The van der Waals surface area contributed by atoms with Gasteiger partial charge in [0.05, 0.1) is 6.54 Å². The van der Waals surface area contributed by atoms with Crippen molar-refractivity contribution in [3.8, 4) is 0 Å². The molecule has 1 fully saturated rings. The van der Waals surface area contributed by atoms with Crippen LogP contribution in [-0.4, -0.2) is 96.4 Å². The predicted octanol–water partition coefficient (Wildman–Crippen LogP) is -0.609. The number of primary amides is 1. The minimum atomic E-state index is -1.10. The summed E-state index contributed by atoms with van der Waals surface area (Å²) in [7, 11) is 1.46. The number of urea groups is 1. The van der Waals surface area contributed by atoms with Gasteiger partial charge in [0.15, 0.2) is 0 Å². The Morgan fingerprint density at radius 1 is 0.956 bits per heavy atom. The summed E-state index contributed by atoms with van der Waals surface area (Å²) in [6.07, 6.45) is 2.12. The highest BCUT2D eigenvalue weighted by atomic mass is 16.4. The number of nitrogens with two attached hydrogens (primary N) is 1. The molecule has 0 saturated carbocycles. The Morgan fingerprint density at radius 2 is 1.64 bits per heavy atom. The molecule has 1 aliphatic heterocycles. The summed E-state index contributed by atoms with van der Waals surface area (Å²) in [6, 6.07) is 5.94. The van der Waals surface area contributed by atoms with Gasteiger partial charge >= 0.3 is 12.0 Å². The average Bonchev–Trinajstić information content (AvgIpc) is 3.52. The third-order valence-electron chi connectivity index (χ3n) is 7.54. The lowest BCUT2D eigenvalue weighted by molar-refractivity contribution is -0.143. The number of carbonyl (C=O) groups excluding carboxylic acids is 6. The highest BCUT2D eigenvalue weighted by molar-refractivity contribution is 5.94. The maximum Gasteiger partial charge on any atom is 0.312 e. The number of aryl methyl sites for hydroxylation is 1. The molecule has 0 aromatic heterocycles. The van der Waals surface area contributed by atoms with Gasteiger partial charge in [-0.3, -0.25) is 28.8 Å². The van der Waals surface area contributed by atoms with Gasteiger partial charge in [0.1, 0.15) is 18.1 Å². The molecule has 7 amide bonds. The number of carbonyl (C=O) groups is 7. The summed E-state index contributed by atoms with van der Waals surface area (Å²) in [5.41, 5.74) is 6.10. The van der Waals surface area contributed by atoms with E-state index in [9.17, 15) is 33.6 Å². The van der Waals surface area contributed by atoms with E-state index in [1.807, 2.05) is 30.3 Å². The van der Waals surface area contributed by atoms with Gasteiger partial charge in [-0.1, -0.05) is 37.3 Å². The van der Waals surface area contributed by atoms with Gasteiger partial charge in [0.2, 0.25) is 29.5 Å². The van der Waals surface area contributed by atoms with Crippen molar-refractivity contribution < 1.29 is 38.7 Å². The number of carboxylic acids is 1. The van der Waals surface area contributed by atoms with Gasteiger partial charge in [-0.15, -0.1) is 0 Å². The zero-order valence-electron chi connectivity index (χ0n) is 25.8. The molecule has 0 bridgehead atoms. The Kier molecular flexibility index (Phi) is 15.3. The van der Waals surface area contributed by atoms with E-state index in [0.29, 0.717) is 32.2 Å². The van der Waals surface area contributed by atoms with Crippen molar-refractivity contribution in [1.29, 1.82) is 0 Å². The first-order chi connectivity index (χ1) is 21.4. The minimum Gasteiger partial charge on any atom is -0.481 e. The largest absolute Gasteiger partial charge is 0.481 e. The number of rotatable bonds is 18. The molecule has 15 heteroatoms. The lowest BCUT2D eigenvalue weighted by Crippen LogP contribution is -2.55. The van der Waals surface area contributed by atoms with Gasteiger partial charge in [-0.05, 0) is 50.5 Å². The van der Waals surface area contributed by atoms with E-state index >= 15 is 0 Å². The molecule has 1 saturated heterocycles. The predicted molar refractivity (Wildman–Crippen MR) is 163 cm³/mol. The molecular formula is C30H45N7O8. The van der Waals surface area contributed by atoms with Crippen LogP contribution in [0.4, 0.5) is 4.79 Å². The molecule has 4 atom stereocenters. The van der Waals surface area contributed by atoms with E-state index in [1.165, 1.54) is 11.9 Å². The van der Waals surface area contributed by atoms with Gasteiger partial charge in [-0.2, -0.15) is 0 Å². The van der Waals surface area contributed by atoms with Crippen molar-refractivity contribution in [1.82, 2.24) is 31.5 Å². The van der Waals surface area contributed by atoms with Crippen molar-refractivity contribution in [3.05, 3.63) is 35.9 Å². The summed E-state index contributed by atoms with van der Waals surface area (Å²) >= 11 is 0. The van der Waals surface area contributed by atoms with Crippen molar-refractivity contribution >= 4 is 41.5 Å². The number of likely N-dealkylation sites (tertiary alicyclic amines) is 1. The van der Waals surface area contributed by atoms with Crippen LogP contribution in [-0.2, 0) is 35.2 Å². The van der Waals surface area contributed by atoms with E-state index in [0.717, 1.165) is 5.56 Å². The Bertz CT molecular complexity index is 1200. The van der Waals surface area contributed by atoms with Crippen LogP contribution in [0.3, 0.4) is 0 Å². The van der Waals surface area contributed by atoms with Crippen molar-refractivity contribution in [2.45, 2.75) is 76.4 Å². The van der Waals surface area contributed by atoms with E-state index in [4.69, 9.17) is 10.8 Å². The second-order valence-corrected chi connectivity index (χ2v) is 11.0. The maximum atomic E-state index is 13.3. The van der Waals surface area contributed by atoms with Crippen molar-refractivity contribution in [3.63, 3.8) is 0 Å². The quantitative estimate of drug-likeness (QED) is 0.103. The van der Waals surface area contributed by atoms with Crippen LogP contribution in [0, 0.1) is 5.92 Å². The Hall–Kier alpha value is -4.69. The van der Waals surface area contributed by atoms with E-state index in [-0.39, 0.29) is 44.0 Å². The number of likely N-dealkylation sites (N-methyl/N-ethyl adjacent to an activating group) is 1. The fraction of sp³-hybridized carbons (Fsp3) is 0.567. The Labute approximate surface area is 262 Å². The standard InChI is InChI=1S/C30H45N7O8/c1-19(12-15-25(39)40)29(44)37-17-7-11-23(37)28(43)36-21(10-6-16-33-30(31)45)27(42)34-18-24(38)35-22(26(41)32-2)14-13-20-8-4-3-5-9-20/h3-5,8-9,19,21-23H,6-7,10-18H2,1-2H3,(H,32,41)(H,34,42)(H,35,38)(H,36,43)(H,39,40)(H3,31,33,45)/t19-,21-,22-,23-/m0/s1. The fourth-order valence-electron chi connectivity index (χ4n) is 5.04. The third-order valence-corrected chi connectivity index (χ3v) is 7.54. The number of carboxylic acid groups (broad SMARTS) is 1. The SMILES string of the molecule is CNC(=O)[C@H](CCc1ccccc1)NC(=O)CNC(=O)[C@H](CCCNC(N)=O)NC(=O)[C@@H]1CCCN1C(=O)[C@@H](C)CCC(=O)O. The number of hydrogen-bond acceptors (Lipinski definition) is 7. The molecule has 45 heavy (non-hydrogen) atoms. The summed E-state index contributed by atoms with van der Waals surface area (Å²) in [6.45, 7) is 1.62. The Morgan fingerprint density at radius 3 is 2.29 bits per heavy atom. The zero-order chi connectivity index (χ0) is 33.4. The van der Waals surface area contributed by atoms with Crippen LogP contribution in [0.5, 0.6) is 0 Å². The number of nitrogens with zero attached hydrogens (tertiary/aromatic N) is 1. The molecule has 0 radical (unpaired) electrons. The second kappa shape index (κ2) is 18.9. The van der Waals surface area contributed by atoms with E-state index in [1.54, 1.807) is 6.92 Å². The maximum absolute atomic E-state index is 13.3. The first-order valence-corrected chi connectivity index (χ1v) is 15.1. The normalized spacial score (nSPS) is 16.0. The summed E-state index contributed by atoms with van der Waals surface area (Å²) in [5, 5.41) is 21.7. The molecule has 1 aromatic carbocycles. The Balaban J connectivity index is 2.02. The minimum absolute atomic E-state index is 0.0904. The van der Waals surface area contributed by atoms with Crippen molar-refractivity contribution in [2.24, 2.45) is 11.7 Å². The third kappa shape index (κ3) is 12.8. The number of nitrogens with one attached hydrogen (secondary N) is 5. The number of benzene rings is 1. The van der Waals surface area contributed by atoms with Gasteiger partial charge < -0.3 is 42.3 Å². The van der Waals surface area contributed by atoms with Crippen LogP contribution < -0.4 is 32.3 Å². The molecule has 0 unspecified atom stereocenters. The summed E-state index contributed by atoms with van der Waals surface area (Å²) in [5.74, 6) is -4.16. The van der Waals surface area contributed by atoms with Gasteiger partial charge in [0, 0.05) is 32.5 Å². The molecule has 248 valence electrons. The topological polar surface area (TPSA) is 229 Å². The highest BCUT2D eigenvalue weighted by Gasteiger charge is 2.37. The average molecular weight is 632 g/mol. The highest BCUT2D eigenvalue weighted by Crippen LogP contribution is 2.22. The summed E-state index contributed by atoms with van der Waals surface area (Å²) in [4.78, 5) is 87.9. The van der Waals surface area contributed by atoms with Crippen molar-refractivity contribution in [2.75, 3.05) is 26.7 Å². The van der Waals surface area contributed by atoms with E-state index < -0.39 is 60.3 Å². The molecule has 0 spiro atoms. The summed E-state index contributed by atoms with van der Waals surface area (Å²) < 4.78 is 0. The number of aliphatic carboxylic acids is 1. The van der Waals surface area contributed by atoms with E-state index in [2.05, 4.69) is 26.6 Å². The smallest absolute Gasteiger partial charge is 0.312 e.